The fraction of sp³-hybridized carbons (Fsp3) is 0.588. The third-order valence-corrected chi connectivity index (χ3v) is 4.29. The lowest BCUT2D eigenvalue weighted by atomic mass is 10.2. The molecule has 2 N–H and O–H groups in total. The number of aryl methyl sites for hydroxylation is 1. The number of hydrogen-bond acceptors (Lipinski definition) is 4. The molecule has 25 heavy (non-hydrogen) atoms. The van der Waals surface area contributed by atoms with Gasteiger partial charge in [0, 0.05) is 19.3 Å². The minimum absolute atomic E-state index is 0. The molecule has 144 valence electrons. The number of rotatable bonds is 9. The number of sulfone groups is 1. The standard InChI is InChI=1S/C17H29N3O3S.HI/c1-5-18-17(19-11-8-12-24(4,21)22)20-13-15(3)23-16-10-7-6-9-14(16)2;/h6-7,9-10,15H,5,8,11-13H2,1-4H3,(H2,18,19,20);1H. The number of guanidine groups is 1. The van der Waals surface area contributed by atoms with Crippen molar-refractivity contribution >= 4 is 39.8 Å². The molecule has 0 aromatic heterocycles. The van der Waals surface area contributed by atoms with Gasteiger partial charge < -0.3 is 15.4 Å². The molecule has 0 amide bonds. The van der Waals surface area contributed by atoms with Gasteiger partial charge in [-0.1, -0.05) is 18.2 Å². The molecule has 8 heteroatoms. The van der Waals surface area contributed by atoms with Crippen LogP contribution in [0.2, 0.25) is 0 Å². The van der Waals surface area contributed by atoms with E-state index >= 15 is 0 Å². The number of benzene rings is 1. The van der Waals surface area contributed by atoms with Crippen LogP contribution in [0.4, 0.5) is 0 Å². The maximum Gasteiger partial charge on any atom is 0.191 e. The smallest absolute Gasteiger partial charge is 0.191 e. The summed E-state index contributed by atoms with van der Waals surface area (Å²) >= 11 is 0. The van der Waals surface area contributed by atoms with Crippen molar-refractivity contribution in [1.82, 2.24) is 10.6 Å². The fourth-order valence-corrected chi connectivity index (χ4v) is 2.71. The van der Waals surface area contributed by atoms with Crippen molar-refractivity contribution in [2.24, 2.45) is 4.99 Å². The summed E-state index contributed by atoms with van der Waals surface area (Å²) < 4.78 is 28.2. The minimum atomic E-state index is -2.92. The van der Waals surface area contributed by atoms with E-state index in [1.807, 2.05) is 45.0 Å². The zero-order valence-corrected chi connectivity index (χ0v) is 18.6. The fourth-order valence-electron chi connectivity index (χ4n) is 2.05. The monoisotopic (exact) mass is 483 g/mol. The van der Waals surface area contributed by atoms with Crippen molar-refractivity contribution in [2.75, 3.05) is 31.6 Å². The lowest BCUT2D eigenvalue weighted by Gasteiger charge is -2.16. The summed E-state index contributed by atoms with van der Waals surface area (Å²) in [5.74, 6) is 1.71. The zero-order valence-electron chi connectivity index (χ0n) is 15.4. The van der Waals surface area contributed by atoms with E-state index in [9.17, 15) is 8.42 Å². The molecule has 0 bridgehead atoms. The van der Waals surface area contributed by atoms with Gasteiger partial charge in [-0.2, -0.15) is 0 Å². The van der Waals surface area contributed by atoms with Crippen molar-refractivity contribution in [3.63, 3.8) is 0 Å². The molecule has 0 saturated heterocycles. The second-order valence-corrected chi connectivity index (χ2v) is 8.08. The molecular formula is C17H30IN3O3S. The number of hydrogen-bond donors (Lipinski definition) is 2. The van der Waals surface area contributed by atoms with Gasteiger partial charge in [0.15, 0.2) is 5.96 Å². The van der Waals surface area contributed by atoms with E-state index in [0.717, 1.165) is 17.9 Å². The second-order valence-electron chi connectivity index (χ2n) is 5.82. The number of halogens is 1. The number of para-hydroxylation sites is 1. The zero-order chi connectivity index (χ0) is 18.0. The first-order valence-corrected chi connectivity index (χ1v) is 10.3. The quantitative estimate of drug-likeness (QED) is 0.244. The summed E-state index contributed by atoms with van der Waals surface area (Å²) in [6, 6.07) is 7.89. The summed E-state index contributed by atoms with van der Waals surface area (Å²) in [6.45, 7) is 7.79. The van der Waals surface area contributed by atoms with Crippen molar-refractivity contribution in [3.05, 3.63) is 29.8 Å². The number of aliphatic imine (C=N–C) groups is 1. The number of nitrogens with zero attached hydrogens (tertiary/aromatic N) is 1. The molecule has 0 fully saturated rings. The Morgan fingerprint density at radius 2 is 1.96 bits per heavy atom. The Bertz CT molecular complexity index is 636. The Morgan fingerprint density at radius 1 is 1.28 bits per heavy atom. The molecule has 1 unspecified atom stereocenters. The van der Waals surface area contributed by atoms with E-state index < -0.39 is 9.84 Å². The molecule has 0 aliphatic rings. The van der Waals surface area contributed by atoms with Crippen molar-refractivity contribution in [2.45, 2.75) is 33.3 Å². The predicted octanol–water partition coefficient (Wildman–Crippen LogP) is 2.37. The molecule has 0 aliphatic carbocycles. The highest BCUT2D eigenvalue weighted by Crippen LogP contribution is 2.17. The Morgan fingerprint density at radius 3 is 2.56 bits per heavy atom. The first-order chi connectivity index (χ1) is 11.3. The molecule has 1 rings (SSSR count). The third-order valence-electron chi connectivity index (χ3n) is 3.26. The number of nitrogens with one attached hydrogen (secondary N) is 2. The first kappa shape index (κ1) is 24.0. The summed E-state index contributed by atoms with van der Waals surface area (Å²) in [4.78, 5) is 4.49. The van der Waals surface area contributed by atoms with Gasteiger partial charge in [0.1, 0.15) is 21.7 Å². The van der Waals surface area contributed by atoms with Gasteiger partial charge in [-0.05, 0) is 38.8 Å². The molecule has 0 aliphatic heterocycles. The van der Waals surface area contributed by atoms with Crippen LogP contribution in [0.25, 0.3) is 0 Å². The Hall–Kier alpha value is -1.03. The second kappa shape index (κ2) is 12.3. The van der Waals surface area contributed by atoms with Crippen LogP contribution in [0, 0.1) is 6.92 Å². The average Bonchev–Trinajstić information content (AvgIpc) is 2.50. The maximum atomic E-state index is 11.1. The lowest BCUT2D eigenvalue weighted by molar-refractivity contribution is 0.228. The topological polar surface area (TPSA) is 79.8 Å². The first-order valence-electron chi connectivity index (χ1n) is 8.24. The van der Waals surface area contributed by atoms with Gasteiger partial charge in [-0.15, -0.1) is 24.0 Å². The van der Waals surface area contributed by atoms with Crippen LogP contribution in [0.5, 0.6) is 5.75 Å². The van der Waals surface area contributed by atoms with E-state index in [-0.39, 0.29) is 35.8 Å². The Kier molecular flexibility index (Phi) is 11.8. The highest BCUT2D eigenvalue weighted by atomic mass is 127. The highest BCUT2D eigenvalue weighted by Gasteiger charge is 2.07. The molecule has 1 aromatic carbocycles. The molecule has 1 aromatic rings. The molecule has 6 nitrogen and oxygen atoms in total. The van der Waals surface area contributed by atoms with Crippen LogP contribution in [0.15, 0.2) is 29.3 Å². The van der Waals surface area contributed by atoms with Crippen LogP contribution in [-0.4, -0.2) is 52.1 Å². The van der Waals surface area contributed by atoms with Crippen molar-refractivity contribution < 1.29 is 13.2 Å². The molecule has 0 saturated carbocycles. The normalized spacial score (nSPS) is 12.9. The van der Waals surface area contributed by atoms with E-state index in [1.165, 1.54) is 6.26 Å². The summed E-state index contributed by atoms with van der Waals surface area (Å²) in [5.41, 5.74) is 1.10. The Labute approximate surface area is 168 Å². The molecule has 0 spiro atoms. The Balaban J connectivity index is 0.00000576. The van der Waals surface area contributed by atoms with Crippen LogP contribution in [0.3, 0.4) is 0 Å². The van der Waals surface area contributed by atoms with Crippen molar-refractivity contribution in [1.29, 1.82) is 0 Å². The van der Waals surface area contributed by atoms with E-state index in [1.54, 1.807) is 0 Å². The maximum absolute atomic E-state index is 11.1. The van der Waals surface area contributed by atoms with E-state index in [4.69, 9.17) is 4.74 Å². The highest BCUT2D eigenvalue weighted by molar-refractivity contribution is 14.0. The minimum Gasteiger partial charge on any atom is -0.489 e. The summed E-state index contributed by atoms with van der Waals surface area (Å²) in [7, 11) is -2.92. The van der Waals surface area contributed by atoms with Gasteiger partial charge in [0.25, 0.3) is 0 Å². The van der Waals surface area contributed by atoms with Gasteiger partial charge in [0.2, 0.25) is 0 Å². The molecule has 0 radical (unpaired) electrons. The lowest BCUT2D eigenvalue weighted by Crippen LogP contribution is -2.39. The van der Waals surface area contributed by atoms with E-state index in [2.05, 4.69) is 15.6 Å². The van der Waals surface area contributed by atoms with Gasteiger partial charge in [-0.3, -0.25) is 0 Å². The van der Waals surface area contributed by atoms with Gasteiger partial charge >= 0.3 is 0 Å². The van der Waals surface area contributed by atoms with Crippen LogP contribution in [-0.2, 0) is 9.84 Å². The molecule has 1 atom stereocenters. The third kappa shape index (κ3) is 11.2. The predicted molar refractivity (Wildman–Crippen MR) is 115 cm³/mol. The summed E-state index contributed by atoms with van der Waals surface area (Å²) in [6.07, 6.45) is 1.74. The largest absolute Gasteiger partial charge is 0.489 e. The summed E-state index contributed by atoms with van der Waals surface area (Å²) in [5, 5.41) is 6.29. The molecule has 0 heterocycles. The van der Waals surface area contributed by atoms with Crippen LogP contribution < -0.4 is 15.4 Å². The van der Waals surface area contributed by atoms with E-state index in [0.29, 0.717) is 25.5 Å². The van der Waals surface area contributed by atoms with Crippen LogP contribution >= 0.6 is 24.0 Å². The molecular weight excluding hydrogens is 453 g/mol. The van der Waals surface area contributed by atoms with Crippen molar-refractivity contribution in [3.8, 4) is 5.75 Å². The average molecular weight is 483 g/mol. The van der Waals surface area contributed by atoms with Gasteiger partial charge in [0.05, 0.1) is 12.3 Å². The number of ether oxygens (including phenoxy) is 1. The SMILES string of the molecule is CCNC(=NCC(C)Oc1ccccc1C)NCCCS(C)(=O)=O.I. The van der Waals surface area contributed by atoms with Gasteiger partial charge in [-0.25, -0.2) is 13.4 Å². The van der Waals surface area contributed by atoms with Crippen LogP contribution in [0.1, 0.15) is 25.8 Å².